The Bertz CT molecular complexity index is 1430. The van der Waals surface area contributed by atoms with E-state index < -0.39 is 15.8 Å². The van der Waals surface area contributed by atoms with Gasteiger partial charge in [-0.05, 0) is 36.6 Å². The molecule has 0 radical (unpaired) electrons. The van der Waals surface area contributed by atoms with Crippen molar-refractivity contribution < 1.29 is 22.5 Å². The predicted molar refractivity (Wildman–Crippen MR) is 124 cm³/mol. The minimum atomic E-state index is -3.41. The summed E-state index contributed by atoms with van der Waals surface area (Å²) in [5, 5.41) is 8.75. The Labute approximate surface area is 198 Å². The van der Waals surface area contributed by atoms with Gasteiger partial charge in [0.1, 0.15) is 11.6 Å². The second kappa shape index (κ2) is 9.38. The van der Waals surface area contributed by atoms with Crippen molar-refractivity contribution in [2.24, 2.45) is 0 Å². The average molecular weight is 505 g/mol. The highest BCUT2D eigenvalue weighted by Gasteiger charge is 2.23. The van der Waals surface area contributed by atoms with Crippen LogP contribution in [0.3, 0.4) is 0 Å². The Balaban J connectivity index is 1.79. The number of hydrogen-bond acceptors (Lipinski definition) is 9. The number of thioether (sulfide) groups is 1. The standard InChI is InChI=1S/C21H17ClN4O5S2/c1-32-12-30-21(27)16-11-18(26(24-16)17-9-4-3-8-15(17)22)19-23-20(31-25-19)13-6-5-7-14(10-13)33(2,28)29/h3-11H,12H2,1-2H3. The number of aromatic nitrogens is 4. The second-order valence-corrected chi connectivity index (χ2v) is 10.1. The number of ether oxygens (including phenoxy) is 1. The Morgan fingerprint density at radius 2 is 1.97 bits per heavy atom. The fraction of sp³-hybridized carbons (Fsp3) is 0.143. The highest BCUT2D eigenvalue weighted by molar-refractivity contribution is 7.98. The van der Waals surface area contributed by atoms with Gasteiger partial charge in [-0.25, -0.2) is 17.9 Å². The van der Waals surface area contributed by atoms with Crippen LogP contribution >= 0.6 is 23.4 Å². The third kappa shape index (κ3) is 4.95. The molecule has 9 nitrogen and oxygen atoms in total. The molecule has 0 saturated carbocycles. The van der Waals surface area contributed by atoms with Crippen LogP contribution in [0.5, 0.6) is 0 Å². The summed E-state index contributed by atoms with van der Waals surface area (Å²) in [4.78, 5) is 16.9. The lowest BCUT2D eigenvalue weighted by Crippen LogP contribution is -2.07. The van der Waals surface area contributed by atoms with E-state index in [-0.39, 0.29) is 28.2 Å². The minimum absolute atomic E-state index is 0.0457. The third-order valence-corrected chi connectivity index (χ3v) is 6.25. The molecule has 12 heteroatoms. The maximum atomic E-state index is 12.4. The van der Waals surface area contributed by atoms with Crippen molar-refractivity contribution in [2.75, 3.05) is 18.5 Å². The van der Waals surface area contributed by atoms with Gasteiger partial charge in [-0.15, -0.1) is 11.8 Å². The summed E-state index contributed by atoms with van der Waals surface area (Å²) >= 11 is 7.70. The number of carbonyl (C=O) groups excluding carboxylic acids is 1. The van der Waals surface area contributed by atoms with Gasteiger partial charge in [0.15, 0.2) is 15.5 Å². The molecule has 4 aromatic rings. The molecule has 0 bridgehead atoms. The zero-order valence-electron chi connectivity index (χ0n) is 17.4. The topological polar surface area (TPSA) is 117 Å². The largest absolute Gasteiger partial charge is 0.450 e. The molecule has 170 valence electrons. The number of esters is 1. The summed E-state index contributed by atoms with van der Waals surface area (Å²) in [7, 11) is -3.41. The SMILES string of the molecule is CSCOC(=O)c1cc(-c2noc(-c3cccc(S(C)(=O)=O)c3)n2)n(-c2ccccc2Cl)n1. The molecule has 2 aromatic heterocycles. The molecule has 0 aliphatic carbocycles. The van der Waals surface area contributed by atoms with Gasteiger partial charge in [-0.1, -0.05) is 35.0 Å². The summed E-state index contributed by atoms with van der Waals surface area (Å²) in [5.74, 6) is -0.197. The first-order valence-corrected chi connectivity index (χ1v) is 13.1. The van der Waals surface area contributed by atoms with E-state index in [1.165, 1.54) is 34.6 Å². The molecule has 0 N–H and O–H groups in total. The lowest BCUT2D eigenvalue weighted by Gasteiger charge is -2.06. The number of para-hydroxylation sites is 1. The molecule has 4 rings (SSSR count). The van der Waals surface area contributed by atoms with Crippen molar-refractivity contribution in [3.05, 3.63) is 65.3 Å². The smallest absolute Gasteiger partial charge is 0.359 e. The van der Waals surface area contributed by atoms with Crippen molar-refractivity contribution >= 4 is 39.2 Å². The van der Waals surface area contributed by atoms with E-state index in [0.29, 0.717) is 22.0 Å². The molecule has 0 fully saturated rings. The number of hydrogen-bond donors (Lipinski definition) is 0. The Morgan fingerprint density at radius 1 is 1.18 bits per heavy atom. The summed E-state index contributed by atoms with van der Waals surface area (Å²) in [6.45, 7) is 0. The lowest BCUT2D eigenvalue weighted by atomic mass is 10.2. The third-order valence-electron chi connectivity index (χ3n) is 4.47. The molecule has 0 amide bonds. The van der Waals surface area contributed by atoms with Crippen LogP contribution in [0.2, 0.25) is 5.02 Å². The normalized spacial score (nSPS) is 11.5. The van der Waals surface area contributed by atoms with Crippen LogP contribution in [0.15, 0.2) is 64.0 Å². The minimum Gasteiger partial charge on any atom is -0.450 e. The van der Waals surface area contributed by atoms with Crippen LogP contribution in [0, 0.1) is 0 Å². The van der Waals surface area contributed by atoms with Gasteiger partial charge in [-0.2, -0.15) is 10.1 Å². The zero-order valence-corrected chi connectivity index (χ0v) is 19.8. The number of sulfone groups is 1. The lowest BCUT2D eigenvalue weighted by molar-refractivity contribution is 0.0572. The number of rotatable bonds is 7. The molecule has 2 aromatic carbocycles. The van der Waals surface area contributed by atoms with Crippen LogP contribution in [0.4, 0.5) is 0 Å². The van der Waals surface area contributed by atoms with Crippen molar-refractivity contribution in [1.29, 1.82) is 0 Å². The molecule has 0 aliphatic heterocycles. The summed E-state index contributed by atoms with van der Waals surface area (Å²) in [6, 6.07) is 14.6. The molecule has 0 unspecified atom stereocenters. The zero-order chi connectivity index (χ0) is 23.6. The second-order valence-electron chi connectivity index (χ2n) is 6.84. The first-order valence-electron chi connectivity index (χ1n) is 9.43. The number of carbonyl (C=O) groups is 1. The summed E-state index contributed by atoms with van der Waals surface area (Å²) < 4.78 is 35.7. The molecule has 0 atom stereocenters. The maximum absolute atomic E-state index is 12.4. The Kier molecular flexibility index (Phi) is 6.54. The van der Waals surface area contributed by atoms with Crippen molar-refractivity contribution in [3.8, 4) is 28.7 Å². The monoisotopic (exact) mass is 504 g/mol. The number of benzene rings is 2. The molecular weight excluding hydrogens is 488 g/mol. The van der Waals surface area contributed by atoms with E-state index in [4.69, 9.17) is 20.9 Å². The van der Waals surface area contributed by atoms with E-state index in [9.17, 15) is 13.2 Å². The first-order chi connectivity index (χ1) is 15.8. The van der Waals surface area contributed by atoms with E-state index in [0.717, 1.165) is 6.26 Å². The van der Waals surface area contributed by atoms with E-state index in [1.807, 2.05) is 0 Å². The molecule has 0 saturated heterocycles. The first kappa shape index (κ1) is 23.0. The van der Waals surface area contributed by atoms with Gasteiger partial charge < -0.3 is 9.26 Å². The van der Waals surface area contributed by atoms with Gasteiger partial charge >= 0.3 is 5.97 Å². The van der Waals surface area contributed by atoms with Gasteiger partial charge in [0.05, 0.1) is 15.6 Å². The van der Waals surface area contributed by atoms with Crippen molar-refractivity contribution in [2.45, 2.75) is 4.90 Å². The van der Waals surface area contributed by atoms with Crippen molar-refractivity contribution in [3.63, 3.8) is 0 Å². The highest BCUT2D eigenvalue weighted by atomic mass is 35.5. The predicted octanol–water partition coefficient (Wildman–Crippen LogP) is 4.12. The average Bonchev–Trinajstić information content (AvgIpc) is 3.45. The number of halogens is 1. The van der Waals surface area contributed by atoms with Gasteiger partial charge in [0.25, 0.3) is 5.89 Å². The molecule has 2 heterocycles. The summed E-state index contributed by atoms with van der Waals surface area (Å²) in [5.41, 5.74) is 1.32. The molecular formula is C21H17ClN4O5S2. The summed E-state index contributed by atoms with van der Waals surface area (Å²) in [6.07, 6.45) is 2.92. The fourth-order valence-corrected chi connectivity index (χ4v) is 4.05. The van der Waals surface area contributed by atoms with Gasteiger partial charge in [0, 0.05) is 17.9 Å². The quantitative estimate of drug-likeness (QED) is 0.270. The maximum Gasteiger partial charge on any atom is 0.359 e. The fourth-order valence-electron chi connectivity index (χ4n) is 2.94. The van der Waals surface area contributed by atoms with E-state index in [1.54, 1.807) is 42.7 Å². The van der Waals surface area contributed by atoms with Crippen LogP contribution in [-0.2, 0) is 14.6 Å². The Morgan fingerprint density at radius 3 is 2.70 bits per heavy atom. The van der Waals surface area contributed by atoms with Crippen LogP contribution < -0.4 is 0 Å². The number of nitrogens with zero attached hydrogens (tertiary/aromatic N) is 4. The van der Waals surface area contributed by atoms with Crippen LogP contribution in [0.25, 0.3) is 28.7 Å². The van der Waals surface area contributed by atoms with E-state index in [2.05, 4.69) is 15.2 Å². The van der Waals surface area contributed by atoms with Gasteiger partial charge in [0.2, 0.25) is 5.82 Å². The van der Waals surface area contributed by atoms with E-state index >= 15 is 0 Å². The van der Waals surface area contributed by atoms with Crippen LogP contribution in [0.1, 0.15) is 10.5 Å². The molecule has 0 aliphatic rings. The molecule has 33 heavy (non-hydrogen) atoms. The van der Waals surface area contributed by atoms with Gasteiger partial charge in [-0.3, -0.25) is 0 Å². The van der Waals surface area contributed by atoms with Crippen LogP contribution in [-0.4, -0.2) is 52.8 Å². The highest BCUT2D eigenvalue weighted by Crippen LogP contribution is 2.29. The van der Waals surface area contributed by atoms with Crippen molar-refractivity contribution in [1.82, 2.24) is 19.9 Å². The Hall–Kier alpha value is -3.15. The molecule has 0 spiro atoms.